The van der Waals surface area contributed by atoms with Crippen molar-refractivity contribution >= 4 is 25.5 Å². The van der Waals surface area contributed by atoms with Crippen molar-refractivity contribution in [2.24, 2.45) is 0 Å². The predicted octanol–water partition coefficient (Wildman–Crippen LogP) is 2.42. The fraction of sp³-hybridized carbons (Fsp3) is 0.478. The Balaban J connectivity index is 1.88. The van der Waals surface area contributed by atoms with Gasteiger partial charge in [0, 0.05) is 13.1 Å². The van der Waals surface area contributed by atoms with Gasteiger partial charge in [-0.1, -0.05) is 18.2 Å². The number of halogens is 2. The van der Waals surface area contributed by atoms with Gasteiger partial charge < -0.3 is 24.5 Å². The van der Waals surface area contributed by atoms with E-state index in [1.165, 1.54) is 19.1 Å². The number of hydrogen-bond acceptors (Lipinski definition) is 11. The number of carbonyl (C=O) groups is 2. The summed E-state index contributed by atoms with van der Waals surface area (Å²) in [7, 11) is -4.47. The van der Waals surface area contributed by atoms with Crippen LogP contribution in [0.2, 0.25) is 0 Å². The Hall–Kier alpha value is -3.39. The van der Waals surface area contributed by atoms with Gasteiger partial charge in [0.25, 0.3) is 0 Å². The van der Waals surface area contributed by atoms with Gasteiger partial charge in [-0.05, 0) is 39.0 Å². The van der Waals surface area contributed by atoms with E-state index >= 15 is 8.78 Å². The van der Waals surface area contributed by atoms with Crippen LogP contribution in [0.3, 0.4) is 0 Å². The first-order valence-corrected chi connectivity index (χ1v) is 13.3. The number of benzene rings is 1. The minimum absolute atomic E-state index is 0.0735. The maximum atomic E-state index is 15.4. The van der Waals surface area contributed by atoms with Crippen LogP contribution < -0.4 is 21.0 Å². The third kappa shape index (κ3) is 7.60. The average Bonchev–Trinajstić information content (AvgIpc) is 3.07. The van der Waals surface area contributed by atoms with Crippen LogP contribution in [0.1, 0.15) is 33.9 Å². The maximum absolute atomic E-state index is 15.4. The Labute approximate surface area is 222 Å². The smallest absolute Gasteiger partial charge is 0.459 e. The number of nitrogens with two attached hydrogens (primary N) is 1. The van der Waals surface area contributed by atoms with Crippen molar-refractivity contribution in [1.29, 1.82) is 0 Å². The van der Waals surface area contributed by atoms with Gasteiger partial charge in [0.05, 0.1) is 12.7 Å². The summed E-state index contributed by atoms with van der Waals surface area (Å²) in [5.74, 6) is -5.92. The van der Waals surface area contributed by atoms with Crippen LogP contribution in [0.25, 0.3) is 0 Å². The number of para-hydroxylation sites is 1. The van der Waals surface area contributed by atoms with Gasteiger partial charge in [-0.25, -0.2) is 9.36 Å². The molecule has 16 heteroatoms. The summed E-state index contributed by atoms with van der Waals surface area (Å²) in [5.41, 5.74) is 4.29. The van der Waals surface area contributed by atoms with Crippen LogP contribution in [-0.2, 0) is 32.9 Å². The zero-order valence-electron chi connectivity index (χ0n) is 21.5. The second kappa shape index (κ2) is 12.2. The molecule has 5 unspecified atom stereocenters. The zero-order chi connectivity index (χ0) is 29.0. The van der Waals surface area contributed by atoms with E-state index in [1.807, 2.05) is 0 Å². The zero-order valence-corrected chi connectivity index (χ0v) is 22.4. The van der Waals surface area contributed by atoms with E-state index in [-0.39, 0.29) is 11.6 Å². The largest absolute Gasteiger partial charge is 0.462 e. The highest BCUT2D eigenvalue weighted by Crippen LogP contribution is 2.48. The molecule has 0 radical (unpaired) electrons. The van der Waals surface area contributed by atoms with Crippen molar-refractivity contribution in [3.63, 3.8) is 0 Å². The monoisotopic (exact) mass is 574 g/mol. The van der Waals surface area contributed by atoms with E-state index in [4.69, 9.17) is 29.0 Å². The van der Waals surface area contributed by atoms with Crippen LogP contribution in [0.15, 0.2) is 47.4 Å². The number of anilines is 1. The van der Waals surface area contributed by atoms with Crippen molar-refractivity contribution in [3.8, 4) is 5.75 Å². The minimum Gasteiger partial charge on any atom is -0.462 e. The van der Waals surface area contributed by atoms with E-state index in [0.29, 0.717) is 4.57 Å². The SMILES string of the molecule is CC(=O)OC1C(COP(=O)(NC(C)C(=O)OC(C)C)Oc2ccccc2)OC(n2ccc(N)nc2=O)C1(F)F. The van der Waals surface area contributed by atoms with E-state index < -0.39 is 68.5 Å². The van der Waals surface area contributed by atoms with E-state index in [0.717, 1.165) is 19.2 Å². The number of hydrogen-bond donors (Lipinski definition) is 2. The molecule has 214 valence electrons. The second-order valence-corrected chi connectivity index (χ2v) is 10.5. The van der Waals surface area contributed by atoms with Gasteiger partial charge in [0.1, 0.15) is 23.7 Å². The number of nitrogen functional groups attached to an aromatic ring is 1. The number of ether oxygens (including phenoxy) is 3. The molecule has 13 nitrogen and oxygen atoms in total. The van der Waals surface area contributed by atoms with Crippen LogP contribution >= 0.6 is 7.75 Å². The number of nitrogens with one attached hydrogen (secondary N) is 1. The van der Waals surface area contributed by atoms with Crippen molar-refractivity contribution in [1.82, 2.24) is 14.6 Å². The third-order valence-electron chi connectivity index (χ3n) is 5.18. The fourth-order valence-corrected chi connectivity index (χ4v) is 5.04. The van der Waals surface area contributed by atoms with Gasteiger partial charge >= 0.3 is 31.3 Å². The molecule has 0 spiro atoms. The molecule has 1 aromatic carbocycles. The molecular weight excluding hydrogens is 545 g/mol. The fourth-order valence-electron chi connectivity index (χ4n) is 3.54. The van der Waals surface area contributed by atoms with Crippen molar-refractivity contribution in [2.45, 2.75) is 64.2 Å². The molecule has 5 atom stereocenters. The summed E-state index contributed by atoms with van der Waals surface area (Å²) < 4.78 is 71.2. The average molecular weight is 574 g/mol. The van der Waals surface area contributed by atoms with E-state index in [9.17, 15) is 18.9 Å². The van der Waals surface area contributed by atoms with Crippen LogP contribution in [0.5, 0.6) is 5.75 Å². The molecule has 1 saturated heterocycles. The summed E-state index contributed by atoms with van der Waals surface area (Å²) in [6.07, 6.45) is -5.77. The molecular formula is C23H29F2N4O9P. The first-order valence-electron chi connectivity index (χ1n) is 11.7. The Bertz CT molecular complexity index is 1280. The number of rotatable bonds is 11. The van der Waals surface area contributed by atoms with Gasteiger partial charge in [0.15, 0.2) is 6.10 Å². The highest BCUT2D eigenvalue weighted by molar-refractivity contribution is 7.52. The maximum Gasteiger partial charge on any atom is 0.459 e. The van der Waals surface area contributed by atoms with Crippen molar-refractivity contribution in [2.75, 3.05) is 12.3 Å². The van der Waals surface area contributed by atoms with Gasteiger partial charge in [-0.2, -0.15) is 18.9 Å². The van der Waals surface area contributed by atoms with Gasteiger partial charge in [-0.15, -0.1) is 0 Å². The summed E-state index contributed by atoms with van der Waals surface area (Å²) in [4.78, 5) is 39.6. The summed E-state index contributed by atoms with van der Waals surface area (Å²) in [5, 5.41) is 2.41. The lowest BCUT2D eigenvalue weighted by molar-refractivity contribution is -0.174. The first-order chi connectivity index (χ1) is 18.2. The molecule has 3 N–H and O–H groups in total. The van der Waals surface area contributed by atoms with Crippen LogP contribution in [0.4, 0.5) is 14.6 Å². The highest BCUT2D eigenvalue weighted by Gasteiger charge is 2.62. The van der Waals surface area contributed by atoms with Crippen LogP contribution in [0, 0.1) is 0 Å². The molecule has 1 aliphatic rings. The molecule has 2 heterocycles. The van der Waals surface area contributed by atoms with Crippen molar-refractivity contribution in [3.05, 3.63) is 53.1 Å². The van der Waals surface area contributed by atoms with E-state index in [1.54, 1.807) is 32.0 Å². The molecule has 0 bridgehead atoms. The minimum atomic E-state index is -4.47. The lowest BCUT2D eigenvalue weighted by atomic mass is 10.1. The number of esters is 2. The highest BCUT2D eigenvalue weighted by atomic mass is 31.2. The molecule has 2 aromatic rings. The molecule has 1 aliphatic heterocycles. The number of nitrogens with zero attached hydrogens (tertiary/aromatic N) is 2. The van der Waals surface area contributed by atoms with Crippen molar-refractivity contribution < 1.29 is 46.2 Å². The van der Waals surface area contributed by atoms with Gasteiger partial charge in [0.2, 0.25) is 6.23 Å². The topological polar surface area (TPSA) is 170 Å². The molecule has 0 aliphatic carbocycles. The lowest BCUT2D eigenvalue weighted by Gasteiger charge is -2.26. The number of alkyl halides is 2. The molecule has 0 amide bonds. The Morgan fingerprint density at radius 1 is 1.23 bits per heavy atom. The molecule has 39 heavy (non-hydrogen) atoms. The standard InChI is InChI=1S/C23H29F2N4O9P/c1-13(2)35-20(31)14(3)28-39(33,38-16-8-6-5-7-9-16)34-12-17-19(36-15(4)30)23(24,25)21(37-17)29-11-10-18(26)27-22(29)32/h5-11,13-14,17,19,21H,12H2,1-4H3,(H,28,33)(H2,26,27,32). The molecule has 1 aromatic heterocycles. The molecule has 3 rings (SSSR count). The third-order valence-corrected chi connectivity index (χ3v) is 6.83. The Morgan fingerprint density at radius 2 is 1.90 bits per heavy atom. The summed E-state index contributed by atoms with van der Waals surface area (Å²) in [6.45, 7) is 4.61. The molecule has 0 saturated carbocycles. The summed E-state index contributed by atoms with van der Waals surface area (Å²) >= 11 is 0. The molecule has 1 fully saturated rings. The normalized spacial score (nSPS) is 22.6. The quantitative estimate of drug-likeness (QED) is 0.297. The second-order valence-electron chi connectivity index (χ2n) is 8.81. The van der Waals surface area contributed by atoms with Gasteiger partial charge in [-0.3, -0.25) is 18.7 Å². The number of aromatic nitrogens is 2. The van der Waals surface area contributed by atoms with E-state index in [2.05, 4.69) is 10.1 Å². The Morgan fingerprint density at radius 3 is 2.49 bits per heavy atom. The lowest BCUT2D eigenvalue weighted by Crippen LogP contribution is -2.44. The first kappa shape index (κ1) is 30.2. The predicted molar refractivity (Wildman–Crippen MR) is 132 cm³/mol. The Kier molecular flexibility index (Phi) is 9.43. The van der Waals surface area contributed by atoms with Crippen LogP contribution in [-0.4, -0.2) is 58.4 Å². The number of carbonyl (C=O) groups excluding carboxylic acids is 2. The summed E-state index contributed by atoms with van der Waals surface area (Å²) in [6, 6.07) is 7.63.